The van der Waals surface area contributed by atoms with E-state index in [1.165, 1.54) is 19.6 Å². The first kappa shape index (κ1) is 11.3. The Morgan fingerprint density at radius 3 is 2.33 bits per heavy atom. The van der Waals surface area contributed by atoms with Crippen LogP contribution in [0.5, 0.6) is 0 Å². The van der Waals surface area contributed by atoms with Crippen molar-refractivity contribution in [1.29, 1.82) is 0 Å². The Morgan fingerprint density at radius 2 is 1.67 bits per heavy atom. The summed E-state index contributed by atoms with van der Waals surface area (Å²) in [5, 5.41) is 6.93. The van der Waals surface area contributed by atoms with Crippen molar-refractivity contribution in [2.75, 3.05) is 45.8 Å². The molecule has 2 fully saturated rings. The monoisotopic (exact) mass is 212 g/mol. The van der Waals surface area contributed by atoms with Crippen molar-refractivity contribution in [3.05, 3.63) is 0 Å². The third kappa shape index (κ3) is 2.69. The highest BCUT2D eigenvalue weighted by atomic mass is 15.4. The van der Waals surface area contributed by atoms with Crippen LogP contribution in [0, 0.1) is 0 Å². The van der Waals surface area contributed by atoms with Gasteiger partial charge in [0.2, 0.25) is 0 Å². The van der Waals surface area contributed by atoms with Crippen molar-refractivity contribution in [3.63, 3.8) is 0 Å². The number of piperazine rings is 2. The molecule has 2 rings (SSSR count). The van der Waals surface area contributed by atoms with Crippen LogP contribution >= 0.6 is 0 Å². The van der Waals surface area contributed by atoms with Gasteiger partial charge in [-0.05, 0) is 13.8 Å². The van der Waals surface area contributed by atoms with E-state index in [1.807, 2.05) is 0 Å². The van der Waals surface area contributed by atoms with E-state index in [9.17, 15) is 0 Å². The van der Waals surface area contributed by atoms with E-state index in [0.29, 0.717) is 12.2 Å². The van der Waals surface area contributed by atoms with Gasteiger partial charge in [0, 0.05) is 51.9 Å². The maximum absolute atomic E-state index is 3.51. The van der Waals surface area contributed by atoms with E-state index in [2.05, 4.69) is 34.3 Å². The molecule has 88 valence electrons. The lowest BCUT2D eigenvalue weighted by Gasteiger charge is -2.46. The van der Waals surface area contributed by atoms with Crippen LogP contribution in [0.2, 0.25) is 0 Å². The van der Waals surface area contributed by atoms with E-state index >= 15 is 0 Å². The highest BCUT2D eigenvalue weighted by Crippen LogP contribution is 2.13. The van der Waals surface area contributed by atoms with Crippen molar-refractivity contribution in [2.45, 2.75) is 26.1 Å². The quantitative estimate of drug-likeness (QED) is 0.648. The van der Waals surface area contributed by atoms with E-state index in [0.717, 1.165) is 26.2 Å². The SMILES string of the molecule is CC(C)N1CCNCC1N1CCNCC1. The molecule has 0 radical (unpaired) electrons. The first-order chi connectivity index (χ1) is 7.29. The van der Waals surface area contributed by atoms with Crippen LogP contribution in [0.15, 0.2) is 0 Å². The van der Waals surface area contributed by atoms with Gasteiger partial charge in [0.15, 0.2) is 0 Å². The zero-order valence-corrected chi connectivity index (χ0v) is 10.00. The van der Waals surface area contributed by atoms with Gasteiger partial charge in [0.25, 0.3) is 0 Å². The molecule has 0 saturated carbocycles. The molecular formula is C11H24N4. The Hall–Kier alpha value is -0.160. The third-order valence-electron chi connectivity index (χ3n) is 3.49. The molecule has 1 atom stereocenters. The van der Waals surface area contributed by atoms with Crippen LogP contribution in [-0.2, 0) is 0 Å². The highest BCUT2D eigenvalue weighted by molar-refractivity contribution is 4.84. The second-order valence-corrected chi connectivity index (χ2v) is 4.80. The molecule has 2 aliphatic rings. The normalized spacial score (nSPS) is 31.0. The zero-order chi connectivity index (χ0) is 10.7. The number of nitrogens with zero attached hydrogens (tertiary/aromatic N) is 2. The lowest BCUT2D eigenvalue weighted by Crippen LogP contribution is -2.63. The molecule has 0 aromatic carbocycles. The molecule has 2 aliphatic heterocycles. The second kappa shape index (κ2) is 5.25. The fraction of sp³-hybridized carbons (Fsp3) is 1.00. The molecule has 0 aromatic rings. The van der Waals surface area contributed by atoms with E-state index < -0.39 is 0 Å². The Bertz CT molecular complexity index is 189. The van der Waals surface area contributed by atoms with Crippen LogP contribution in [-0.4, -0.2) is 67.8 Å². The summed E-state index contributed by atoms with van der Waals surface area (Å²) in [6.45, 7) is 12.7. The van der Waals surface area contributed by atoms with Gasteiger partial charge in [-0.25, -0.2) is 0 Å². The lowest BCUT2D eigenvalue weighted by molar-refractivity contribution is -0.00206. The van der Waals surface area contributed by atoms with Gasteiger partial charge >= 0.3 is 0 Å². The summed E-state index contributed by atoms with van der Waals surface area (Å²) >= 11 is 0. The second-order valence-electron chi connectivity index (χ2n) is 4.80. The van der Waals surface area contributed by atoms with Crippen LogP contribution in [0.3, 0.4) is 0 Å². The fourth-order valence-electron chi connectivity index (χ4n) is 2.63. The maximum atomic E-state index is 3.51. The summed E-state index contributed by atoms with van der Waals surface area (Å²) in [4.78, 5) is 5.24. The van der Waals surface area contributed by atoms with Gasteiger partial charge in [-0.15, -0.1) is 0 Å². The van der Waals surface area contributed by atoms with E-state index in [4.69, 9.17) is 0 Å². The predicted octanol–water partition coefficient (Wildman–Crippen LogP) is -0.469. The molecule has 0 amide bonds. The summed E-state index contributed by atoms with van der Waals surface area (Å²) in [6.07, 6.45) is 0.612. The molecule has 0 spiro atoms. The van der Waals surface area contributed by atoms with Gasteiger partial charge in [-0.3, -0.25) is 9.80 Å². The third-order valence-corrected chi connectivity index (χ3v) is 3.49. The van der Waals surface area contributed by atoms with Crippen molar-refractivity contribution in [1.82, 2.24) is 20.4 Å². The highest BCUT2D eigenvalue weighted by Gasteiger charge is 2.29. The fourth-order valence-corrected chi connectivity index (χ4v) is 2.63. The first-order valence-electron chi connectivity index (χ1n) is 6.20. The zero-order valence-electron chi connectivity index (χ0n) is 10.00. The van der Waals surface area contributed by atoms with Crippen molar-refractivity contribution in [3.8, 4) is 0 Å². The van der Waals surface area contributed by atoms with Gasteiger partial charge in [0.1, 0.15) is 0 Å². The molecular weight excluding hydrogens is 188 g/mol. The topological polar surface area (TPSA) is 30.5 Å². The number of rotatable bonds is 2. The van der Waals surface area contributed by atoms with E-state index in [1.54, 1.807) is 0 Å². The number of hydrogen-bond donors (Lipinski definition) is 2. The molecule has 4 heteroatoms. The van der Waals surface area contributed by atoms with Gasteiger partial charge in [-0.2, -0.15) is 0 Å². The molecule has 0 aromatic heterocycles. The van der Waals surface area contributed by atoms with Crippen LogP contribution in [0.4, 0.5) is 0 Å². The molecule has 2 heterocycles. The Kier molecular flexibility index (Phi) is 3.97. The summed E-state index contributed by atoms with van der Waals surface area (Å²) in [5.74, 6) is 0. The molecule has 1 unspecified atom stereocenters. The Labute approximate surface area is 93.0 Å². The molecule has 2 saturated heterocycles. The average Bonchev–Trinajstić information content (AvgIpc) is 2.30. The lowest BCUT2D eigenvalue weighted by atomic mass is 10.2. The first-order valence-corrected chi connectivity index (χ1v) is 6.20. The summed E-state index contributed by atoms with van der Waals surface area (Å²) in [7, 11) is 0. The number of nitrogens with one attached hydrogen (secondary N) is 2. The Morgan fingerprint density at radius 1 is 1.00 bits per heavy atom. The molecule has 15 heavy (non-hydrogen) atoms. The van der Waals surface area contributed by atoms with Crippen molar-refractivity contribution >= 4 is 0 Å². The molecule has 0 bridgehead atoms. The summed E-state index contributed by atoms with van der Waals surface area (Å²) in [5.41, 5.74) is 0. The molecule has 0 aliphatic carbocycles. The van der Waals surface area contributed by atoms with Gasteiger partial charge in [-0.1, -0.05) is 0 Å². The average molecular weight is 212 g/mol. The largest absolute Gasteiger partial charge is 0.314 e. The maximum Gasteiger partial charge on any atom is 0.0754 e. The van der Waals surface area contributed by atoms with Gasteiger partial charge < -0.3 is 10.6 Å². The minimum Gasteiger partial charge on any atom is -0.314 e. The molecule has 2 N–H and O–H groups in total. The van der Waals surface area contributed by atoms with Crippen LogP contribution < -0.4 is 10.6 Å². The van der Waals surface area contributed by atoms with Crippen LogP contribution in [0.25, 0.3) is 0 Å². The predicted molar refractivity (Wildman–Crippen MR) is 62.9 cm³/mol. The van der Waals surface area contributed by atoms with Crippen molar-refractivity contribution in [2.24, 2.45) is 0 Å². The van der Waals surface area contributed by atoms with Crippen molar-refractivity contribution < 1.29 is 0 Å². The Balaban J connectivity index is 1.96. The summed E-state index contributed by atoms with van der Waals surface area (Å²) in [6, 6.07) is 0.659. The summed E-state index contributed by atoms with van der Waals surface area (Å²) < 4.78 is 0. The standard InChI is InChI=1S/C11H24N4/c1-10(2)15-8-5-13-9-11(15)14-6-3-12-4-7-14/h10-13H,3-9H2,1-2H3. The van der Waals surface area contributed by atoms with E-state index in [-0.39, 0.29) is 0 Å². The minimum absolute atomic E-state index is 0.612. The van der Waals surface area contributed by atoms with Gasteiger partial charge in [0.05, 0.1) is 6.17 Å². The van der Waals surface area contributed by atoms with Crippen LogP contribution in [0.1, 0.15) is 13.8 Å². The minimum atomic E-state index is 0.612. The smallest absolute Gasteiger partial charge is 0.0754 e. The molecule has 4 nitrogen and oxygen atoms in total. The number of hydrogen-bond acceptors (Lipinski definition) is 4.